The molecule has 0 spiro atoms. The van der Waals surface area contributed by atoms with Gasteiger partial charge in [-0.3, -0.25) is 4.79 Å². The van der Waals surface area contributed by atoms with E-state index in [9.17, 15) is 4.79 Å². The van der Waals surface area contributed by atoms with Crippen LogP contribution in [0, 0.1) is 12.8 Å². The van der Waals surface area contributed by atoms with E-state index in [2.05, 4.69) is 10.3 Å². The van der Waals surface area contributed by atoms with Gasteiger partial charge in [-0.25, -0.2) is 4.98 Å². The average molecular weight is 313 g/mol. The fraction of sp³-hybridized carbons (Fsp3) is 0.444. The third-order valence-electron chi connectivity index (χ3n) is 4.48. The Kier molecular flexibility index (Phi) is 4.76. The Labute approximate surface area is 136 Å². The second-order valence-electron chi connectivity index (χ2n) is 6.35. The molecule has 0 unspecified atom stereocenters. The van der Waals surface area contributed by atoms with Crippen molar-refractivity contribution in [2.45, 2.75) is 45.2 Å². The molecule has 1 aliphatic rings. The number of aryl methyl sites for hydroxylation is 1. The van der Waals surface area contributed by atoms with Gasteiger partial charge < -0.3 is 15.5 Å². The molecule has 0 bridgehead atoms. The zero-order valence-electron chi connectivity index (χ0n) is 13.4. The molecule has 3 rings (SSSR count). The van der Waals surface area contributed by atoms with E-state index in [0.717, 1.165) is 30.5 Å². The lowest BCUT2D eigenvalue weighted by atomic mass is 10.00. The van der Waals surface area contributed by atoms with Gasteiger partial charge >= 0.3 is 0 Å². The van der Waals surface area contributed by atoms with Crippen LogP contribution in [-0.4, -0.2) is 16.9 Å². The van der Waals surface area contributed by atoms with Gasteiger partial charge in [0, 0.05) is 18.0 Å². The molecule has 0 saturated heterocycles. The van der Waals surface area contributed by atoms with Crippen LogP contribution in [0.3, 0.4) is 0 Å². The van der Waals surface area contributed by atoms with E-state index in [-0.39, 0.29) is 11.9 Å². The first-order valence-electron chi connectivity index (χ1n) is 8.15. The summed E-state index contributed by atoms with van der Waals surface area (Å²) in [5.74, 6) is 0.926. The lowest BCUT2D eigenvalue weighted by Crippen LogP contribution is -2.31. The van der Waals surface area contributed by atoms with Crippen LogP contribution in [0.15, 0.2) is 34.9 Å². The topological polar surface area (TPSA) is 81.2 Å². The number of carbonyl (C=O) groups is 1. The molecule has 122 valence electrons. The number of nitrogens with two attached hydrogens (primary N) is 1. The van der Waals surface area contributed by atoms with E-state index in [1.807, 2.05) is 31.2 Å². The van der Waals surface area contributed by atoms with E-state index >= 15 is 0 Å². The van der Waals surface area contributed by atoms with Crippen LogP contribution in [0.25, 0.3) is 11.5 Å². The molecular weight excluding hydrogens is 290 g/mol. The van der Waals surface area contributed by atoms with Crippen LogP contribution >= 0.6 is 0 Å². The maximum absolute atomic E-state index is 12.0. The Morgan fingerprint density at radius 2 is 2.13 bits per heavy atom. The highest BCUT2D eigenvalue weighted by Gasteiger charge is 2.25. The number of hydrogen-bond acceptors (Lipinski definition) is 4. The first-order chi connectivity index (χ1) is 11.1. The SMILES string of the molecule is Cc1ccc(-c2nc(CNC(=O)C[C@@H]3CCC[C@H]3N)co2)cc1. The predicted molar refractivity (Wildman–Crippen MR) is 88.5 cm³/mol. The Morgan fingerprint density at radius 3 is 2.83 bits per heavy atom. The fourth-order valence-electron chi connectivity index (χ4n) is 3.04. The quantitative estimate of drug-likeness (QED) is 0.889. The van der Waals surface area contributed by atoms with Gasteiger partial charge in [0.05, 0.1) is 12.2 Å². The van der Waals surface area contributed by atoms with Gasteiger partial charge in [0.25, 0.3) is 0 Å². The monoisotopic (exact) mass is 313 g/mol. The highest BCUT2D eigenvalue weighted by atomic mass is 16.3. The second kappa shape index (κ2) is 6.96. The summed E-state index contributed by atoms with van der Waals surface area (Å²) >= 11 is 0. The molecule has 23 heavy (non-hydrogen) atoms. The summed E-state index contributed by atoms with van der Waals surface area (Å²) in [6.45, 7) is 2.42. The molecule has 2 aromatic rings. The van der Waals surface area contributed by atoms with Crippen LogP contribution in [-0.2, 0) is 11.3 Å². The summed E-state index contributed by atoms with van der Waals surface area (Å²) in [6, 6.07) is 8.16. The number of aromatic nitrogens is 1. The van der Waals surface area contributed by atoms with E-state index in [1.165, 1.54) is 5.56 Å². The van der Waals surface area contributed by atoms with Gasteiger partial charge in [0.1, 0.15) is 6.26 Å². The molecule has 1 aromatic carbocycles. The minimum atomic E-state index is 0.0345. The maximum atomic E-state index is 12.0. The van der Waals surface area contributed by atoms with Crippen molar-refractivity contribution in [3.8, 4) is 11.5 Å². The van der Waals surface area contributed by atoms with Crippen LogP contribution < -0.4 is 11.1 Å². The molecule has 1 aromatic heterocycles. The lowest BCUT2D eigenvalue weighted by Gasteiger charge is -2.14. The van der Waals surface area contributed by atoms with Crippen molar-refractivity contribution in [1.29, 1.82) is 0 Å². The van der Waals surface area contributed by atoms with Crippen molar-refractivity contribution in [2.75, 3.05) is 0 Å². The molecule has 0 radical (unpaired) electrons. The summed E-state index contributed by atoms with van der Waals surface area (Å²) in [6.07, 6.45) is 5.31. The first kappa shape index (κ1) is 15.7. The Morgan fingerprint density at radius 1 is 1.35 bits per heavy atom. The third kappa shape index (κ3) is 3.99. The number of oxazole rings is 1. The molecule has 1 heterocycles. The van der Waals surface area contributed by atoms with Gasteiger partial charge in [-0.05, 0) is 37.8 Å². The van der Waals surface area contributed by atoms with Gasteiger partial charge in [-0.15, -0.1) is 0 Å². The van der Waals surface area contributed by atoms with Crippen molar-refractivity contribution in [3.05, 3.63) is 41.8 Å². The van der Waals surface area contributed by atoms with Crippen LogP contribution in [0.1, 0.15) is 36.9 Å². The van der Waals surface area contributed by atoms with Crippen LogP contribution in [0.2, 0.25) is 0 Å². The minimum Gasteiger partial charge on any atom is -0.444 e. The number of nitrogens with zero attached hydrogens (tertiary/aromatic N) is 1. The van der Waals surface area contributed by atoms with Crippen molar-refractivity contribution in [1.82, 2.24) is 10.3 Å². The number of amides is 1. The average Bonchev–Trinajstić information content (AvgIpc) is 3.16. The number of nitrogens with one attached hydrogen (secondary N) is 1. The predicted octanol–water partition coefficient (Wildman–Crippen LogP) is 2.78. The number of benzene rings is 1. The number of rotatable bonds is 5. The van der Waals surface area contributed by atoms with E-state index in [4.69, 9.17) is 10.2 Å². The lowest BCUT2D eigenvalue weighted by molar-refractivity contribution is -0.122. The molecule has 0 aliphatic heterocycles. The van der Waals surface area contributed by atoms with Crippen molar-refractivity contribution in [3.63, 3.8) is 0 Å². The fourth-order valence-corrected chi connectivity index (χ4v) is 3.04. The molecule has 3 N–H and O–H groups in total. The highest BCUT2D eigenvalue weighted by molar-refractivity contribution is 5.76. The molecule has 1 saturated carbocycles. The molecule has 5 nitrogen and oxygen atoms in total. The summed E-state index contributed by atoms with van der Waals surface area (Å²) in [4.78, 5) is 16.4. The maximum Gasteiger partial charge on any atom is 0.226 e. The largest absolute Gasteiger partial charge is 0.444 e. The smallest absolute Gasteiger partial charge is 0.226 e. The minimum absolute atomic E-state index is 0.0345. The van der Waals surface area contributed by atoms with E-state index in [0.29, 0.717) is 24.8 Å². The van der Waals surface area contributed by atoms with Crippen molar-refractivity contribution < 1.29 is 9.21 Å². The van der Waals surface area contributed by atoms with Gasteiger partial charge in [0.15, 0.2) is 0 Å². The van der Waals surface area contributed by atoms with E-state index < -0.39 is 0 Å². The second-order valence-corrected chi connectivity index (χ2v) is 6.35. The molecular formula is C18H23N3O2. The van der Waals surface area contributed by atoms with Crippen LogP contribution in [0.5, 0.6) is 0 Å². The van der Waals surface area contributed by atoms with Crippen molar-refractivity contribution in [2.24, 2.45) is 11.7 Å². The van der Waals surface area contributed by atoms with Gasteiger partial charge in [0.2, 0.25) is 11.8 Å². The summed E-state index contributed by atoms with van der Waals surface area (Å²) in [5.41, 5.74) is 8.86. The molecule has 2 atom stereocenters. The van der Waals surface area contributed by atoms with E-state index in [1.54, 1.807) is 6.26 Å². The molecule has 1 fully saturated rings. The number of hydrogen-bond donors (Lipinski definition) is 2. The molecule has 1 amide bonds. The third-order valence-corrected chi connectivity index (χ3v) is 4.48. The Bertz CT molecular complexity index is 663. The van der Waals surface area contributed by atoms with Gasteiger partial charge in [-0.2, -0.15) is 0 Å². The summed E-state index contributed by atoms with van der Waals surface area (Å²) in [5, 5.41) is 2.90. The van der Waals surface area contributed by atoms with Crippen LogP contribution in [0.4, 0.5) is 0 Å². The molecule has 5 heteroatoms. The molecule has 1 aliphatic carbocycles. The zero-order valence-corrected chi connectivity index (χ0v) is 13.4. The number of carbonyl (C=O) groups excluding carboxylic acids is 1. The standard InChI is InChI=1S/C18H23N3O2/c1-12-5-7-13(8-6-12)18-21-15(11-23-18)10-20-17(22)9-14-3-2-4-16(14)19/h5-8,11,14,16H,2-4,9-10,19H2,1H3,(H,20,22)/t14-,16+/m0/s1. The Hall–Kier alpha value is -2.14. The zero-order chi connectivity index (χ0) is 16.2. The summed E-state index contributed by atoms with van der Waals surface area (Å²) in [7, 11) is 0. The van der Waals surface area contributed by atoms with Gasteiger partial charge in [-0.1, -0.05) is 24.1 Å². The normalized spacial score (nSPS) is 20.6. The van der Waals surface area contributed by atoms with Crippen molar-refractivity contribution >= 4 is 5.91 Å². The summed E-state index contributed by atoms with van der Waals surface area (Å²) < 4.78 is 5.49. The Balaban J connectivity index is 1.53. The first-order valence-corrected chi connectivity index (χ1v) is 8.15. The highest BCUT2D eigenvalue weighted by Crippen LogP contribution is 2.26.